The normalized spacial score (nSPS) is 21.7. The molecule has 1 fully saturated rings. The van der Waals surface area contributed by atoms with Gasteiger partial charge in [-0.25, -0.2) is 4.79 Å². The van der Waals surface area contributed by atoms with Crippen LogP contribution in [0.15, 0.2) is 35.9 Å². The molecule has 1 saturated heterocycles. The van der Waals surface area contributed by atoms with Gasteiger partial charge in [0.05, 0.1) is 11.6 Å². The zero-order valence-electron chi connectivity index (χ0n) is 12.8. The van der Waals surface area contributed by atoms with E-state index in [1.807, 2.05) is 37.3 Å². The highest BCUT2D eigenvalue weighted by molar-refractivity contribution is 6.19. The Bertz CT molecular complexity index is 605. The predicted molar refractivity (Wildman–Crippen MR) is 86.1 cm³/mol. The minimum absolute atomic E-state index is 0.113. The van der Waals surface area contributed by atoms with E-state index in [1.54, 1.807) is 11.8 Å². The van der Waals surface area contributed by atoms with E-state index in [9.17, 15) is 10.1 Å². The highest BCUT2D eigenvalue weighted by Gasteiger charge is 2.28. The van der Waals surface area contributed by atoms with Crippen LogP contribution in [-0.2, 0) is 4.74 Å². The van der Waals surface area contributed by atoms with Crippen LogP contribution in [0.2, 0.25) is 0 Å². The molecule has 0 aromatic heterocycles. The summed E-state index contributed by atoms with van der Waals surface area (Å²) in [6.07, 6.45) is 0.275. The minimum atomic E-state index is -0.640. The second-order valence-corrected chi connectivity index (χ2v) is 6.02. The molecule has 1 heterocycles. The maximum atomic E-state index is 11.9. The molecule has 1 aliphatic rings. The number of amides is 1. The van der Waals surface area contributed by atoms with E-state index in [-0.39, 0.29) is 5.92 Å². The van der Waals surface area contributed by atoms with Crippen molar-refractivity contribution in [3.05, 3.63) is 41.5 Å². The Morgan fingerprint density at radius 2 is 2.14 bits per heavy atom. The summed E-state index contributed by atoms with van der Waals surface area (Å²) in [5.41, 5.74) is 2.10. The van der Waals surface area contributed by atoms with Crippen molar-refractivity contribution in [1.82, 2.24) is 4.90 Å². The second kappa shape index (κ2) is 7.33. The van der Waals surface area contributed by atoms with Gasteiger partial charge in [-0.15, -0.1) is 0 Å². The number of likely N-dealkylation sites (tertiary alicyclic amines) is 1. The molecular weight excluding hydrogens is 300 g/mol. The van der Waals surface area contributed by atoms with Crippen LogP contribution >= 0.6 is 11.6 Å². The van der Waals surface area contributed by atoms with Crippen LogP contribution < -0.4 is 0 Å². The number of hydrogen-bond acceptors (Lipinski definition) is 3. The van der Waals surface area contributed by atoms with Crippen LogP contribution in [0.5, 0.6) is 0 Å². The first-order valence-corrected chi connectivity index (χ1v) is 7.74. The number of hydrogen-bond donors (Lipinski definition) is 0. The molecule has 0 aliphatic carbocycles. The predicted octanol–water partition coefficient (Wildman–Crippen LogP) is 4.03. The molecule has 1 aromatic carbocycles. The molecule has 4 nitrogen and oxygen atoms in total. The third kappa shape index (κ3) is 3.80. The lowest BCUT2D eigenvalue weighted by Gasteiger charge is -2.33. The Balaban J connectivity index is 2.18. The molecule has 1 aromatic rings. The third-order valence-electron chi connectivity index (χ3n) is 3.76. The molecule has 1 aliphatic heterocycles. The quantitative estimate of drug-likeness (QED) is 0.611. The molecule has 1 amide bonds. The summed E-state index contributed by atoms with van der Waals surface area (Å²) in [6.45, 7) is 4.72. The van der Waals surface area contributed by atoms with Crippen LogP contribution in [0.4, 0.5) is 4.79 Å². The molecule has 2 unspecified atom stereocenters. The van der Waals surface area contributed by atoms with Gasteiger partial charge in [0, 0.05) is 13.1 Å². The van der Waals surface area contributed by atoms with Crippen molar-refractivity contribution in [2.75, 3.05) is 13.1 Å². The van der Waals surface area contributed by atoms with Gasteiger partial charge in [0.1, 0.15) is 0 Å². The molecule has 116 valence electrons. The van der Waals surface area contributed by atoms with Crippen LogP contribution in [0.3, 0.4) is 0 Å². The van der Waals surface area contributed by atoms with Gasteiger partial charge in [-0.05, 0) is 30.4 Å². The van der Waals surface area contributed by atoms with Gasteiger partial charge in [-0.2, -0.15) is 5.26 Å². The highest BCUT2D eigenvalue weighted by Crippen LogP contribution is 2.30. The first kappa shape index (κ1) is 16.4. The number of ether oxygens (including phenoxy) is 1. The topological polar surface area (TPSA) is 53.3 Å². The molecule has 0 radical (unpaired) electrons. The number of carbonyl (C=O) groups is 1. The van der Waals surface area contributed by atoms with Crippen molar-refractivity contribution in [2.45, 2.75) is 25.8 Å². The van der Waals surface area contributed by atoms with Crippen LogP contribution in [-0.4, -0.2) is 29.6 Å². The number of piperidine rings is 1. The lowest BCUT2D eigenvalue weighted by Crippen LogP contribution is -2.41. The number of nitriles is 1. The average molecular weight is 319 g/mol. The van der Waals surface area contributed by atoms with E-state index in [4.69, 9.17) is 16.3 Å². The van der Waals surface area contributed by atoms with Gasteiger partial charge in [0.25, 0.3) is 0 Å². The highest BCUT2D eigenvalue weighted by atomic mass is 35.5. The number of nitrogens with zero attached hydrogens (tertiary/aromatic N) is 2. The van der Waals surface area contributed by atoms with Crippen LogP contribution in [0.1, 0.15) is 25.8 Å². The molecule has 2 atom stereocenters. The SMILES string of the molecule is CC(Cl)OC(=O)N1CC/C(=C(/C#N)c2ccccc2)C(C)C1. The van der Waals surface area contributed by atoms with E-state index in [2.05, 4.69) is 6.07 Å². The van der Waals surface area contributed by atoms with Crippen molar-refractivity contribution in [1.29, 1.82) is 5.26 Å². The van der Waals surface area contributed by atoms with Gasteiger partial charge in [0.15, 0.2) is 5.56 Å². The second-order valence-electron chi connectivity index (χ2n) is 5.40. The standard InChI is InChI=1S/C17H19ClN2O2/c1-12-11-20(17(21)22-13(2)18)9-8-15(12)16(10-19)14-6-4-3-5-7-14/h3-7,12-13H,8-9,11H2,1-2H3/b16-15+. The number of allylic oxidation sites excluding steroid dienone is 1. The lowest BCUT2D eigenvalue weighted by molar-refractivity contribution is 0.0877. The monoisotopic (exact) mass is 318 g/mol. The van der Waals surface area contributed by atoms with E-state index in [1.165, 1.54) is 0 Å². The summed E-state index contributed by atoms with van der Waals surface area (Å²) in [7, 11) is 0. The molecule has 0 spiro atoms. The Labute approximate surface area is 135 Å². The van der Waals surface area contributed by atoms with E-state index < -0.39 is 11.7 Å². The average Bonchev–Trinajstić information content (AvgIpc) is 2.50. The fourth-order valence-corrected chi connectivity index (χ4v) is 2.79. The van der Waals surface area contributed by atoms with Crippen molar-refractivity contribution >= 4 is 23.3 Å². The Hall–Kier alpha value is -1.99. The molecule has 2 rings (SSSR count). The van der Waals surface area contributed by atoms with E-state index in [0.29, 0.717) is 25.1 Å². The van der Waals surface area contributed by atoms with E-state index >= 15 is 0 Å². The number of alkyl halides is 1. The van der Waals surface area contributed by atoms with Gasteiger partial charge in [-0.1, -0.05) is 48.9 Å². The number of halogens is 1. The summed E-state index contributed by atoms with van der Waals surface area (Å²) in [5.74, 6) is 0.113. The van der Waals surface area contributed by atoms with Crippen molar-refractivity contribution in [3.8, 4) is 6.07 Å². The largest absolute Gasteiger partial charge is 0.430 e. The van der Waals surface area contributed by atoms with E-state index in [0.717, 1.165) is 11.1 Å². The van der Waals surface area contributed by atoms with Gasteiger partial charge in [-0.3, -0.25) is 0 Å². The smallest absolute Gasteiger partial charge is 0.411 e. The Morgan fingerprint density at radius 3 is 2.68 bits per heavy atom. The number of carbonyl (C=O) groups excluding carboxylic acids is 1. The lowest BCUT2D eigenvalue weighted by atomic mass is 9.87. The number of benzene rings is 1. The summed E-state index contributed by atoms with van der Waals surface area (Å²) in [6, 6.07) is 12.0. The Morgan fingerprint density at radius 1 is 1.45 bits per heavy atom. The van der Waals surface area contributed by atoms with Crippen molar-refractivity contribution in [3.63, 3.8) is 0 Å². The maximum Gasteiger partial charge on any atom is 0.411 e. The number of rotatable bonds is 2. The Kier molecular flexibility index (Phi) is 5.46. The molecule has 5 heteroatoms. The zero-order chi connectivity index (χ0) is 16.1. The molecule has 22 heavy (non-hydrogen) atoms. The van der Waals surface area contributed by atoms with Crippen molar-refractivity contribution in [2.24, 2.45) is 5.92 Å². The van der Waals surface area contributed by atoms with Gasteiger partial charge < -0.3 is 9.64 Å². The first-order valence-electron chi connectivity index (χ1n) is 7.31. The van der Waals surface area contributed by atoms with Crippen LogP contribution in [0, 0.1) is 17.2 Å². The summed E-state index contributed by atoms with van der Waals surface area (Å²) >= 11 is 5.69. The molecule has 0 saturated carbocycles. The third-order valence-corrected chi connectivity index (χ3v) is 3.85. The fraction of sp³-hybridized carbons (Fsp3) is 0.412. The van der Waals surface area contributed by atoms with Gasteiger partial charge in [0.2, 0.25) is 0 Å². The summed E-state index contributed by atoms with van der Waals surface area (Å²) in [4.78, 5) is 13.6. The molecule has 0 bridgehead atoms. The minimum Gasteiger partial charge on any atom is -0.430 e. The summed E-state index contributed by atoms with van der Waals surface area (Å²) in [5, 5.41) is 9.51. The fourth-order valence-electron chi connectivity index (χ4n) is 2.71. The summed E-state index contributed by atoms with van der Waals surface area (Å²) < 4.78 is 5.02. The van der Waals surface area contributed by atoms with Gasteiger partial charge >= 0.3 is 6.09 Å². The molecule has 0 N–H and O–H groups in total. The maximum absolute atomic E-state index is 11.9. The zero-order valence-corrected chi connectivity index (χ0v) is 13.5. The first-order chi connectivity index (χ1) is 10.5. The van der Waals surface area contributed by atoms with Crippen LogP contribution in [0.25, 0.3) is 5.57 Å². The molecular formula is C17H19ClN2O2. The van der Waals surface area contributed by atoms with Crippen molar-refractivity contribution < 1.29 is 9.53 Å².